The summed E-state index contributed by atoms with van der Waals surface area (Å²) in [6, 6.07) is 3.62. The van der Waals surface area contributed by atoms with Gasteiger partial charge in [0.1, 0.15) is 6.61 Å². The van der Waals surface area contributed by atoms with Gasteiger partial charge >= 0.3 is 0 Å². The van der Waals surface area contributed by atoms with Gasteiger partial charge in [0.2, 0.25) is 0 Å². The Morgan fingerprint density at radius 2 is 1.95 bits per heavy atom. The van der Waals surface area contributed by atoms with Crippen molar-refractivity contribution in [2.75, 3.05) is 20.8 Å². The minimum Gasteiger partial charge on any atom is -0.493 e. The Labute approximate surface area is 119 Å². The highest BCUT2D eigenvalue weighted by Crippen LogP contribution is 2.35. The second-order valence-electron chi connectivity index (χ2n) is 4.64. The summed E-state index contributed by atoms with van der Waals surface area (Å²) in [4.78, 5) is 0. The molecule has 2 unspecified atom stereocenters. The first-order valence-corrected chi connectivity index (χ1v) is 6.63. The lowest BCUT2D eigenvalue weighted by atomic mass is 10.1. The van der Waals surface area contributed by atoms with Crippen molar-refractivity contribution < 1.29 is 14.2 Å². The van der Waals surface area contributed by atoms with Gasteiger partial charge in [-0.1, -0.05) is 11.6 Å². The molecule has 0 fully saturated rings. The molecule has 0 saturated carbocycles. The van der Waals surface area contributed by atoms with Gasteiger partial charge in [-0.2, -0.15) is 0 Å². The van der Waals surface area contributed by atoms with Crippen molar-refractivity contribution in [3.63, 3.8) is 0 Å². The van der Waals surface area contributed by atoms with Crippen LogP contribution in [0.4, 0.5) is 0 Å². The zero-order valence-corrected chi connectivity index (χ0v) is 12.7. The van der Waals surface area contributed by atoms with E-state index in [1.54, 1.807) is 20.3 Å². The lowest BCUT2D eigenvalue weighted by molar-refractivity contribution is 0.0702. The highest BCUT2D eigenvalue weighted by Gasteiger charge is 2.15. The minimum atomic E-state index is 0.00327. The zero-order valence-electron chi connectivity index (χ0n) is 11.9. The number of halogens is 1. The van der Waals surface area contributed by atoms with E-state index >= 15 is 0 Å². The number of rotatable bonds is 7. The van der Waals surface area contributed by atoms with Gasteiger partial charge in [0.15, 0.2) is 11.5 Å². The van der Waals surface area contributed by atoms with Gasteiger partial charge in [-0.3, -0.25) is 0 Å². The van der Waals surface area contributed by atoms with Crippen LogP contribution < -0.4 is 15.2 Å². The van der Waals surface area contributed by atoms with Gasteiger partial charge in [-0.05, 0) is 26.3 Å². The van der Waals surface area contributed by atoms with Crippen molar-refractivity contribution in [2.45, 2.75) is 32.4 Å². The van der Waals surface area contributed by atoms with E-state index < -0.39 is 0 Å². The molecule has 0 spiro atoms. The quantitative estimate of drug-likeness (QED) is 0.838. The van der Waals surface area contributed by atoms with E-state index in [-0.39, 0.29) is 12.1 Å². The van der Waals surface area contributed by atoms with Crippen molar-refractivity contribution in [1.29, 1.82) is 0 Å². The summed E-state index contributed by atoms with van der Waals surface area (Å²) in [7, 11) is 3.24. The van der Waals surface area contributed by atoms with Crippen LogP contribution in [0.3, 0.4) is 0 Å². The summed E-state index contributed by atoms with van der Waals surface area (Å²) < 4.78 is 16.3. The number of ether oxygens (including phenoxy) is 3. The van der Waals surface area contributed by atoms with Crippen molar-refractivity contribution in [1.82, 2.24) is 0 Å². The molecule has 1 aromatic carbocycles. The van der Waals surface area contributed by atoms with E-state index in [1.807, 2.05) is 19.9 Å². The molecule has 0 radical (unpaired) electrons. The van der Waals surface area contributed by atoms with Crippen LogP contribution in [0, 0.1) is 0 Å². The number of hydrogen-bond acceptors (Lipinski definition) is 4. The largest absolute Gasteiger partial charge is 0.493 e. The predicted octanol–water partition coefficient (Wildman–Crippen LogP) is 2.65. The summed E-state index contributed by atoms with van der Waals surface area (Å²) in [5.41, 5.74) is 6.80. The normalized spacial score (nSPS) is 14.0. The lowest BCUT2D eigenvalue weighted by Gasteiger charge is -2.18. The van der Waals surface area contributed by atoms with Crippen LogP contribution in [0.1, 0.15) is 19.4 Å². The topological polar surface area (TPSA) is 53.7 Å². The Morgan fingerprint density at radius 1 is 1.26 bits per heavy atom. The fourth-order valence-electron chi connectivity index (χ4n) is 1.71. The molecule has 1 aromatic rings. The Balaban J connectivity index is 3.01. The summed E-state index contributed by atoms with van der Waals surface area (Å²) >= 11 is 6.07. The van der Waals surface area contributed by atoms with E-state index in [1.165, 1.54) is 0 Å². The van der Waals surface area contributed by atoms with Crippen LogP contribution in [-0.2, 0) is 11.2 Å². The van der Waals surface area contributed by atoms with Gasteiger partial charge in [0.25, 0.3) is 0 Å². The lowest BCUT2D eigenvalue weighted by Crippen LogP contribution is -2.20. The Morgan fingerprint density at radius 3 is 2.47 bits per heavy atom. The Kier molecular flexibility index (Phi) is 6.42. The molecule has 0 bridgehead atoms. The molecule has 0 aromatic heterocycles. The van der Waals surface area contributed by atoms with Gasteiger partial charge in [0.05, 0.1) is 13.2 Å². The molecular formula is C14H22ClNO3. The molecule has 108 valence electrons. The van der Waals surface area contributed by atoms with Crippen LogP contribution in [0.5, 0.6) is 11.5 Å². The number of benzene rings is 1. The van der Waals surface area contributed by atoms with Crippen molar-refractivity contribution in [3.8, 4) is 11.5 Å². The molecule has 5 heteroatoms. The van der Waals surface area contributed by atoms with Crippen LogP contribution in [0.15, 0.2) is 12.1 Å². The predicted molar refractivity (Wildman–Crippen MR) is 77.3 cm³/mol. The van der Waals surface area contributed by atoms with Gasteiger partial charge in [0, 0.05) is 29.8 Å². The van der Waals surface area contributed by atoms with Crippen LogP contribution in [0.25, 0.3) is 0 Å². The molecule has 0 aliphatic heterocycles. The van der Waals surface area contributed by atoms with E-state index in [9.17, 15) is 0 Å². The maximum absolute atomic E-state index is 6.07. The fourth-order valence-corrected chi connectivity index (χ4v) is 1.94. The average molecular weight is 288 g/mol. The molecule has 0 amide bonds. The molecule has 0 heterocycles. The Bertz CT molecular complexity index is 410. The maximum atomic E-state index is 6.07. The fraction of sp³-hybridized carbons (Fsp3) is 0.571. The highest BCUT2D eigenvalue weighted by atomic mass is 35.5. The van der Waals surface area contributed by atoms with Gasteiger partial charge in [-0.15, -0.1) is 0 Å². The first-order chi connectivity index (χ1) is 8.97. The summed E-state index contributed by atoms with van der Waals surface area (Å²) in [5.74, 6) is 1.31. The zero-order chi connectivity index (χ0) is 14.4. The van der Waals surface area contributed by atoms with E-state index in [4.69, 9.17) is 31.5 Å². The van der Waals surface area contributed by atoms with Crippen molar-refractivity contribution >= 4 is 11.6 Å². The number of hydrogen-bond donors (Lipinski definition) is 1. The average Bonchev–Trinajstić information content (AvgIpc) is 2.35. The maximum Gasteiger partial charge on any atom is 0.164 e. The van der Waals surface area contributed by atoms with Crippen molar-refractivity contribution in [2.24, 2.45) is 5.73 Å². The van der Waals surface area contributed by atoms with E-state index in [2.05, 4.69) is 0 Å². The minimum absolute atomic E-state index is 0.00327. The standard InChI is InChI=1S/C14H22ClNO3/c1-9(16)5-11-6-12(15)7-13(18-4)14(11)19-8-10(2)17-3/h6-7,9-10H,5,8,16H2,1-4H3. The third kappa shape index (κ3) is 4.90. The molecule has 1 rings (SSSR count). The third-order valence-electron chi connectivity index (χ3n) is 2.72. The molecular weight excluding hydrogens is 266 g/mol. The van der Waals surface area contributed by atoms with Crippen LogP contribution >= 0.6 is 11.6 Å². The van der Waals surface area contributed by atoms with Gasteiger partial charge in [-0.25, -0.2) is 0 Å². The molecule has 19 heavy (non-hydrogen) atoms. The third-order valence-corrected chi connectivity index (χ3v) is 2.94. The van der Waals surface area contributed by atoms with Crippen LogP contribution in [0.2, 0.25) is 5.02 Å². The highest BCUT2D eigenvalue weighted by molar-refractivity contribution is 6.30. The molecule has 2 atom stereocenters. The monoisotopic (exact) mass is 287 g/mol. The molecule has 4 nitrogen and oxygen atoms in total. The first-order valence-electron chi connectivity index (χ1n) is 6.25. The molecule has 0 aliphatic carbocycles. The van der Waals surface area contributed by atoms with Crippen molar-refractivity contribution in [3.05, 3.63) is 22.7 Å². The van der Waals surface area contributed by atoms with E-state index in [0.29, 0.717) is 29.5 Å². The number of nitrogens with two attached hydrogens (primary N) is 1. The Hall–Kier alpha value is -0.970. The smallest absolute Gasteiger partial charge is 0.164 e. The van der Waals surface area contributed by atoms with Crippen LogP contribution in [-0.4, -0.2) is 33.0 Å². The molecule has 0 saturated heterocycles. The second kappa shape index (κ2) is 7.58. The van der Waals surface area contributed by atoms with Gasteiger partial charge < -0.3 is 19.9 Å². The SMILES string of the molecule is COc1cc(Cl)cc(CC(C)N)c1OCC(C)OC. The van der Waals surface area contributed by atoms with E-state index in [0.717, 1.165) is 5.56 Å². The number of methoxy groups -OCH3 is 2. The second-order valence-corrected chi connectivity index (χ2v) is 5.07. The summed E-state index contributed by atoms with van der Waals surface area (Å²) in [6.07, 6.45) is 0.677. The molecule has 2 N–H and O–H groups in total. The first kappa shape index (κ1) is 16.1. The summed E-state index contributed by atoms with van der Waals surface area (Å²) in [5, 5.41) is 0.611. The summed E-state index contributed by atoms with van der Waals surface area (Å²) in [6.45, 7) is 4.32. The molecule has 0 aliphatic rings.